The number of nitrogens with one attached hydrogen (secondary N) is 1. The first kappa shape index (κ1) is 15.3. The molecule has 0 fully saturated rings. The maximum Gasteiger partial charge on any atom is 0.419 e. The van der Waals surface area contributed by atoms with Gasteiger partial charge < -0.3 is 14.5 Å². The minimum Gasteiger partial charge on any atom is -0.468 e. The summed E-state index contributed by atoms with van der Waals surface area (Å²) in [4.78, 5) is 23.5. The zero-order valence-electron chi connectivity index (χ0n) is 12.5. The largest absolute Gasteiger partial charge is 0.468 e. The minimum atomic E-state index is -0.392. The van der Waals surface area contributed by atoms with Crippen LogP contribution in [0.4, 0.5) is 0 Å². The number of para-hydroxylation sites is 2. The van der Waals surface area contributed by atoms with Crippen LogP contribution in [-0.2, 0) is 16.1 Å². The van der Waals surface area contributed by atoms with E-state index >= 15 is 0 Å². The molecule has 0 aliphatic rings. The second-order valence-corrected chi connectivity index (χ2v) is 5.19. The molecular formula is C15H20N2O4. The Morgan fingerprint density at radius 1 is 1.38 bits per heavy atom. The number of esters is 1. The predicted octanol–water partition coefficient (Wildman–Crippen LogP) is 1.38. The standard InChI is InChI=1S/C15H20N2O4/c1-10(2)13(14(18)20-3)16-8-9-17-11-6-4-5-7-12(11)21-15(17)19/h4-7,10,13,16H,8-9H2,1-3H3. The smallest absolute Gasteiger partial charge is 0.419 e. The Balaban J connectivity index is 2.06. The van der Waals surface area contributed by atoms with E-state index < -0.39 is 5.76 Å². The van der Waals surface area contributed by atoms with Crippen molar-refractivity contribution in [2.75, 3.05) is 13.7 Å². The van der Waals surface area contributed by atoms with Crippen molar-refractivity contribution >= 4 is 17.1 Å². The van der Waals surface area contributed by atoms with Crippen LogP contribution in [0.5, 0.6) is 0 Å². The molecule has 1 aromatic carbocycles. The third kappa shape index (κ3) is 3.33. The lowest BCUT2D eigenvalue weighted by Crippen LogP contribution is -2.43. The first-order chi connectivity index (χ1) is 10.0. The van der Waals surface area contributed by atoms with E-state index in [0.29, 0.717) is 18.7 Å². The van der Waals surface area contributed by atoms with Gasteiger partial charge in [-0.15, -0.1) is 0 Å². The minimum absolute atomic E-state index is 0.107. The van der Waals surface area contributed by atoms with Gasteiger partial charge in [-0.2, -0.15) is 0 Å². The summed E-state index contributed by atoms with van der Waals surface area (Å²) in [5.74, 6) is -0.582. The van der Waals surface area contributed by atoms with Crippen LogP contribution in [0.3, 0.4) is 0 Å². The summed E-state index contributed by atoms with van der Waals surface area (Å²) in [7, 11) is 1.37. The molecule has 1 N–H and O–H groups in total. The van der Waals surface area contributed by atoms with Crippen LogP contribution in [0.1, 0.15) is 13.8 Å². The highest BCUT2D eigenvalue weighted by atomic mass is 16.5. The molecule has 2 aromatic rings. The predicted molar refractivity (Wildman–Crippen MR) is 79.1 cm³/mol. The lowest BCUT2D eigenvalue weighted by Gasteiger charge is -2.19. The average Bonchev–Trinajstić information content (AvgIpc) is 2.78. The van der Waals surface area contributed by atoms with Crippen molar-refractivity contribution < 1.29 is 13.9 Å². The van der Waals surface area contributed by atoms with Crippen molar-refractivity contribution in [1.29, 1.82) is 0 Å². The number of rotatable bonds is 6. The quantitative estimate of drug-likeness (QED) is 0.814. The van der Waals surface area contributed by atoms with E-state index in [1.165, 1.54) is 7.11 Å². The fourth-order valence-corrected chi connectivity index (χ4v) is 2.28. The molecule has 0 saturated heterocycles. The molecule has 0 aliphatic carbocycles. The lowest BCUT2D eigenvalue weighted by atomic mass is 10.1. The highest BCUT2D eigenvalue weighted by Gasteiger charge is 2.22. The zero-order valence-corrected chi connectivity index (χ0v) is 12.5. The molecule has 2 rings (SSSR count). The molecule has 0 saturated carbocycles. The number of ether oxygens (including phenoxy) is 1. The Morgan fingerprint density at radius 3 is 2.76 bits per heavy atom. The van der Waals surface area contributed by atoms with Gasteiger partial charge in [-0.1, -0.05) is 26.0 Å². The van der Waals surface area contributed by atoms with Crippen molar-refractivity contribution in [2.24, 2.45) is 5.92 Å². The molecule has 0 radical (unpaired) electrons. The summed E-state index contributed by atoms with van der Waals surface area (Å²) in [6.45, 7) is 4.78. The van der Waals surface area contributed by atoms with Crippen LogP contribution in [-0.4, -0.2) is 30.2 Å². The monoisotopic (exact) mass is 292 g/mol. The number of hydrogen-bond donors (Lipinski definition) is 1. The van der Waals surface area contributed by atoms with Crippen LogP contribution in [0.25, 0.3) is 11.1 Å². The zero-order chi connectivity index (χ0) is 15.4. The highest BCUT2D eigenvalue weighted by Crippen LogP contribution is 2.11. The lowest BCUT2D eigenvalue weighted by molar-refractivity contribution is -0.144. The van der Waals surface area contributed by atoms with Crippen LogP contribution in [0, 0.1) is 5.92 Å². The summed E-state index contributed by atoms with van der Waals surface area (Å²) < 4.78 is 11.5. The van der Waals surface area contributed by atoms with Gasteiger partial charge in [-0.3, -0.25) is 9.36 Å². The van der Waals surface area contributed by atoms with Crippen molar-refractivity contribution in [3.05, 3.63) is 34.8 Å². The molecular weight excluding hydrogens is 272 g/mol. The van der Waals surface area contributed by atoms with Gasteiger partial charge in [0.05, 0.1) is 12.6 Å². The number of aromatic nitrogens is 1. The first-order valence-corrected chi connectivity index (χ1v) is 6.94. The molecule has 21 heavy (non-hydrogen) atoms. The van der Waals surface area contributed by atoms with E-state index in [1.54, 1.807) is 10.6 Å². The van der Waals surface area contributed by atoms with Gasteiger partial charge in [0.1, 0.15) is 6.04 Å². The second kappa shape index (κ2) is 6.58. The van der Waals surface area contributed by atoms with Gasteiger partial charge >= 0.3 is 11.7 Å². The fraction of sp³-hybridized carbons (Fsp3) is 0.467. The number of fused-ring (bicyclic) bond motifs is 1. The SMILES string of the molecule is COC(=O)C(NCCn1c(=O)oc2ccccc21)C(C)C. The summed E-state index contributed by atoms with van der Waals surface area (Å²) in [6.07, 6.45) is 0. The highest BCUT2D eigenvalue weighted by molar-refractivity contribution is 5.76. The Bertz CT molecular complexity index is 672. The van der Waals surface area contributed by atoms with Crippen molar-refractivity contribution in [1.82, 2.24) is 9.88 Å². The topological polar surface area (TPSA) is 73.5 Å². The number of benzene rings is 1. The van der Waals surface area contributed by atoms with Gasteiger partial charge in [0.2, 0.25) is 0 Å². The third-order valence-corrected chi connectivity index (χ3v) is 3.40. The molecule has 6 nitrogen and oxygen atoms in total. The van der Waals surface area contributed by atoms with Crippen LogP contribution in [0.2, 0.25) is 0 Å². The van der Waals surface area contributed by atoms with E-state index in [9.17, 15) is 9.59 Å². The maximum atomic E-state index is 11.8. The number of methoxy groups -OCH3 is 1. The molecule has 1 heterocycles. The molecule has 1 aromatic heterocycles. The maximum absolute atomic E-state index is 11.8. The molecule has 114 valence electrons. The molecule has 0 spiro atoms. The number of nitrogens with zero attached hydrogens (tertiary/aromatic N) is 1. The van der Waals surface area contributed by atoms with Gasteiger partial charge in [0.25, 0.3) is 0 Å². The Hall–Kier alpha value is -2.08. The van der Waals surface area contributed by atoms with Crippen molar-refractivity contribution in [3.8, 4) is 0 Å². The van der Waals surface area contributed by atoms with E-state index in [-0.39, 0.29) is 17.9 Å². The first-order valence-electron chi connectivity index (χ1n) is 6.94. The van der Waals surface area contributed by atoms with Crippen LogP contribution >= 0.6 is 0 Å². The van der Waals surface area contributed by atoms with E-state index in [0.717, 1.165) is 5.52 Å². The molecule has 0 amide bonds. The Labute approximate surface area is 122 Å². The molecule has 1 atom stereocenters. The summed E-state index contributed by atoms with van der Waals surface area (Å²) in [5.41, 5.74) is 1.32. The van der Waals surface area contributed by atoms with Gasteiger partial charge in [0, 0.05) is 13.1 Å². The number of carbonyl (C=O) groups is 1. The Kier molecular flexibility index (Phi) is 4.80. The summed E-state index contributed by atoms with van der Waals surface area (Å²) in [6, 6.07) is 6.88. The van der Waals surface area contributed by atoms with Crippen molar-refractivity contribution in [2.45, 2.75) is 26.4 Å². The van der Waals surface area contributed by atoms with Gasteiger partial charge in [0.15, 0.2) is 5.58 Å². The summed E-state index contributed by atoms with van der Waals surface area (Å²) >= 11 is 0. The van der Waals surface area contributed by atoms with Gasteiger partial charge in [-0.25, -0.2) is 4.79 Å². The second-order valence-electron chi connectivity index (χ2n) is 5.19. The third-order valence-electron chi connectivity index (χ3n) is 3.40. The normalized spacial score (nSPS) is 12.8. The molecule has 6 heteroatoms. The number of oxazole rings is 1. The summed E-state index contributed by atoms with van der Waals surface area (Å²) in [5, 5.41) is 3.12. The number of carbonyl (C=O) groups excluding carboxylic acids is 1. The Morgan fingerprint density at radius 2 is 2.10 bits per heavy atom. The van der Waals surface area contributed by atoms with E-state index in [1.807, 2.05) is 32.0 Å². The van der Waals surface area contributed by atoms with Crippen LogP contribution in [0.15, 0.2) is 33.5 Å². The van der Waals surface area contributed by atoms with Crippen LogP contribution < -0.4 is 11.1 Å². The number of hydrogen-bond acceptors (Lipinski definition) is 5. The molecule has 0 bridgehead atoms. The van der Waals surface area contributed by atoms with E-state index in [4.69, 9.17) is 9.15 Å². The van der Waals surface area contributed by atoms with Crippen molar-refractivity contribution in [3.63, 3.8) is 0 Å². The average molecular weight is 292 g/mol. The fourth-order valence-electron chi connectivity index (χ4n) is 2.28. The van der Waals surface area contributed by atoms with Gasteiger partial charge in [-0.05, 0) is 18.1 Å². The molecule has 1 unspecified atom stereocenters. The molecule has 0 aliphatic heterocycles. The van der Waals surface area contributed by atoms with E-state index in [2.05, 4.69) is 5.32 Å².